The molecule has 3 aliphatic heterocycles. The third kappa shape index (κ3) is 3.74. The largest absolute Gasteiger partial charge is 0.481 e. The lowest BCUT2D eigenvalue weighted by molar-refractivity contribution is -0.142. The summed E-state index contributed by atoms with van der Waals surface area (Å²) < 4.78 is 12.6. The Balaban J connectivity index is 1.47. The highest BCUT2D eigenvalue weighted by Gasteiger charge is 2.45. The number of aromatic nitrogens is 2. The number of rotatable bonds is 4. The lowest BCUT2D eigenvalue weighted by Crippen LogP contribution is -2.55. The van der Waals surface area contributed by atoms with Gasteiger partial charge in [0.25, 0.3) is 5.56 Å². The van der Waals surface area contributed by atoms with E-state index in [1.54, 1.807) is 23.9 Å². The molecule has 8 heteroatoms. The SMILES string of the molecule is COc1ncccc1CN1C[C@@H]2C[C@H](C1)[C@H](C(=O)N1CCOCC1)n1c2cccc1=O. The predicted octanol–water partition coefficient (Wildman–Crippen LogP) is 1.27. The highest BCUT2D eigenvalue weighted by molar-refractivity contribution is 5.81. The smallest absolute Gasteiger partial charge is 0.251 e. The number of ether oxygens (including phenoxy) is 2. The third-order valence-corrected chi connectivity index (χ3v) is 6.74. The van der Waals surface area contributed by atoms with Gasteiger partial charge in [0.15, 0.2) is 0 Å². The molecule has 31 heavy (non-hydrogen) atoms. The van der Waals surface area contributed by atoms with Gasteiger partial charge in [-0.25, -0.2) is 4.98 Å². The molecule has 164 valence electrons. The van der Waals surface area contributed by atoms with Crippen LogP contribution < -0.4 is 10.3 Å². The number of pyridine rings is 2. The number of methoxy groups -OCH3 is 1. The third-order valence-electron chi connectivity index (χ3n) is 6.74. The molecule has 5 heterocycles. The van der Waals surface area contributed by atoms with E-state index in [1.165, 1.54) is 0 Å². The number of nitrogens with zero attached hydrogens (tertiary/aromatic N) is 4. The van der Waals surface area contributed by atoms with Gasteiger partial charge in [0.05, 0.1) is 20.3 Å². The molecule has 3 aliphatic rings. The van der Waals surface area contributed by atoms with Crippen LogP contribution in [0.3, 0.4) is 0 Å². The van der Waals surface area contributed by atoms with Crippen LogP contribution >= 0.6 is 0 Å². The summed E-state index contributed by atoms with van der Waals surface area (Å²) in [5.74, 6) is 0.992. The van der Waals surface area contributed by atoms with E-state index in [9.17, 15) is 9.59 Å². The van der Waals surface area contributed by atoms with Crippen LogP contribution in [-0.2, 0) is 16.1 Å². The average molecular weight is 425 g/mol. The molecule has 8 nitrogen and oxygen atoms in total. The van der Waals surface area contributed by atoms with Crippen LogP contribution in [-0.4, -0.2) is 71.8 Å². The highest BCUT2D eigenvalue weighted by atomic mass is 16.5. The summed E-state index contributed by atoms with van der Waals surface area (Å²) in [6, 6.07) is 8.89. The molecule has 0 unspecified atom stereocenters. The van der Waals surface area contributed by atoms with Gasteiger partial charge in [-0.3, -0.25) is 19.1 Å². The maximum Gasteiger partial charge on any atom is 0.251 e. The van der Waals surface area contributed by atoms with Gasteiger partial charge in [-0.1, -0.05) is 12.1 Å². The molecule has 2 fully saturated rings. The van der Waals surface area contributed by atoms with Crippen LogP contribution in [0.25, 0.3) is 0 Å². The van der Waals surface area contributed by atoms with Crippen molar-refractivity contribution >= 4 is 5.91 Å². The summed E-state index contributed by atoms with van der Waals surface area (Å²) in [5, 5.41) is 0. The highest BCUT2D eigenvalue weighted by Crippen LogP contribution is 2.42. The molecular weight excluding hydrogens is 396 g/mol. The minimum Gasteiger partial charge on any atom is -0.481 e. The zero-order valence-corrected chi connectivity index (χ0v) is 17.8. The van der Waals surface area contributed by atoms with Crippen molar-refractivity contribution in [2.45, 2.75) is 24.9 Å². The quantitative estimate of drug-likeness (QED) is 0.736. The molecule has 2 saturated heterocycles. The monoisotopic (exact) mass is 424 g/mol. The first-order valence-corrected chi connectivity index (χ1v) is 10.9. The van der Waals surface area contributed by atoms with E-state index in [0.29, 0.717) is 38.7 Å². The fraction of sp³-hybridized carbons (Fsp3) is 0.522. The molecule has 1 amide bonds. The molecule has 0 radical (unpaired) electrons. The topological polar surface area (TPSA) is 76.9 Å². The molecule has 5 rings (SSSR count). The Bertz CT molecular complexity index is 1020. The Morgan fingerprint density at radius 2 is 2.03 bits per heavy atom. The first kappa shape index (κ1) is 20.2. The van der Waals surface area contributed by atoms with Gasteiger partial charge in [-0.15, -0.1) is 0 Å². The normalized spacial score (nSPS) is 25.7. The van der Waals surface area contributed by atoms with E-state index in [2.05, 4.69) is 9.88 Å². The van der Waals surface area contributed by atoms with Gasteiger partial charge in [-0.05, 0) is 18.6 Å². The van der Waals surface area contributed by atoms with Crippen molar-refractivity contribution in [3.8, 4) is 5.88 Å². The number of likely N-dealkylation sites (tertiary alicyclic amines) is 1. The molecular formula is C23H28N4O4. The summed E-state index contributed by atoms with van der Waals surface area (Å²) in [5.41, 5.74) is 1.92. The predicted molar refractivity (Wildman–Crippen MR) is 114 cm³/mol. The summed E-state index contributed by atoms with van der Waals surface area (Å²) >= 11 is 0. The van der Waals surface area contributed by atoms with Crippen LogP contribution in [0.1, 0.15) is 29.6 Å². The Labute approximate surface area is 181 Å². The van der Waals surface area contributed by atoms with E-state index in [4.69, 9.17) is 9.47 Å². The van der Waals surface area contributed by atoms with Crippen LogP contribution in [0, 0.1) is 5.92 Å². The molecule has 0 aliphatic carbocycles. The van der Waals surface area contributed by atoms with Gasteiger partial charge in [0, 0.05) is 68.1 Å². The van der Waals surface area contributed by atoms with E-state index in [0.717, 1.165) is 30.8 Å². The minimum atomic E-state index is -0.461. The van der Waals surface area contributed by atoms with Crippen molar-refractivity contribution in [1.82, 2.24) is 19.4 Å². The molecule has 0 N–H and O–H groups in total. The standard InChI is InChI=1S/C23H28N4O4/c1-30-22-16(4-3-7-24-22)13-25-14-17-12-18(15-25)21(23(29)26-8-10-31-11-9-26)27-19(17)5-2-6-20(27)28/h2-7,17-18,21H,8-15H2,1H3/t17-,18+,21+/m0/s1. The number of amides is 1. The molecule has 2 aromatic heterocycles. The molecule has 3 atom stereocenters. The lowest BCUT2D eigenvalue weighted by Gasteiger charge is -2.47. The van der Waals surface area contributed by atoms with Crippen LogP contribution in [0.4, 0.5) is 0 Å². The molecule has 0 aromatic carbocycles. The summed E-state index contributed by atoms with van der Waals surface area (Å²) in [6.45, 7) is 4.58. The number of piperidine rings is 1. The zero-order chi connectivity index (χ0) is 21.4. The molecule has 0 spiro atoms. The number of carbonyl (C=O) groups is 1. The van der Waals surface area contributed by atoms with E-state index >= 15 is 0 Å². The Kier molecular flexibility index (Phi) is 5.50. The second kappa shape index (κ2) is 8.43. The van der Waals surface area contributed by atoms with Crippen molar-refractivity contribution in [2.75, 3.05) is 46.5 Å². The molecule has 2 bridgehead atoms. The number of hydrogen-bond acceptors (Lipinski definition) is 6. The van der Waals surface area contributed by atoms with Gasteiger partial charge in [0.2, 0.25) is 11.8 Å². The van der Waals surface area contributed by atoms with Crippen molar-refractivity contribution in [3.63, 3.8) is 0 Å². The van der Waals surface area contributed by atoms with Crippen molar-refractivity contribution < 1.29 is 14.3 Å². The van der Waals surface area contributed by atoms with Gasteiger partial charge in [0.1, 0.15) is 6.04 Å². The summed E-state index contributed by atoms with van der Waals surface area (Å²) in [6.07, 6.45) is 2.65. The van der Waals surface area contributed by atoms with Gasteiger partial charge in [-0.2, -0.15) is 0 Å². The first-order valence-electron chi connectivity index (χ1n) is 10.9. The Morgan fingerprint density at radius 3 is 2.84 bits per heavy atom. The first-order chi connectivity index (χ1) is 15.2. The second-order valence-corrected chi connectivity index (χ2v) is 8.60. The number of fused-ring (bicyclic) bond motifs is 4. The van der Waals surface area contributed by atoms with Gasteiger partial charge >= 0.3 is 0 Å². The Hall–Kier alpha value is -2.71. The van der Waals surface area contributed by atoms with Crippen LogP contribution in [0.15, 0.2) is 41.3 Å². The van der Waals surface area contributed by atoms with E-state index in [1.807, 2.05) is 29.2 Å². The summed E-state index contributed by atoms with van der Waals surface area (Å²) in [7, 11) is 1.64. The van der Waals surface area contributed by atoms with Crippen LogP contribution in [0.2, 0.25) is 0 Å². The van der Waals surface area contributed by atoms with Crippen molar-refractivity contribution in [3.05, 3.63) is 58.1 Å². The zero-order valence-electron chi connectivity index (χ0n) is 17.8. The fourth-order valence-electron chi connectivity index (χ4n) is 5.41. The Morgan fingerprint density at radius 1 is 1.19 bits per heavy atom. The lowest BCUT2D eigenvalue weighted by atomic mass is 9.77. The van der Waals surface area contributed by atoms with E-state index < -0.39 is 6.04 Å². The minimum absolute atomic E-state index is 0.0436. The second-order valence-electron chi connectivity index (χ2n) is 8.60. The van der Waals surface area contributed by atoms with Crippen LogP contribution in [0.5, 0.6) is 5.88 Å². The van der Waals surface area contributed by atoms with Crippen molar-refractivity contribution in [2.24, 2.45) is 5.92 Å². The maximum atomic E-state index is 13.6. The molecule has 0 saturated carbocycles. The maximum absolute atomic E-state index is 13.6. The fourth-order valence-corrected chi connectivity index (χ4v) is 5.41. The number of morpholine rings is 1. The van der Waals surface area contributed by atoms with Gasteiger partial charge < -0.3 is 14.4 Å². The number of carbonyl (C=O) groups excluding carboxylic acids is 1. The average Bonchev–Trinajstić information content (AvgIpc) is 2.80. The number of hydrogen-bond donors (Lipinski definition) is 0. The van der Waals surface area contributed by atoms with E-state index in [-0.39, 0.29) is 23.3 Å². The summed E-state index contributed by atoms with van der Waals surface area (Å²) in [4.78, 5) is 35.0. The molecule has 2 aromatic rings. The van der Waals surface area contributed by atoms with Crippen molar-refractivity contribution in [1.29, 1.82) is 0 Å².